The third-order valence-electron chi connectivity index (χ3n) is 2.93. The smallest absolute Gasteiger partial charge is 0.469 e. The zero-order chi connectivity index (χ0) is 20.9. The summed E-state index contributed by atoms with van der Waals surface area (Å²) in [6, 6.07) is -0.716. The summed E-state index contributed by atoms with van der Waals surface area (Å²) in [5, 5.41) is 44.4. The van der Waals surface area contributed by atoms with Gasteiger partial charge in [-0.15, -0.1) is 0 Å². The number of nitrogens with two attached hydrogens (primary N) is 2. The number of hydrogen-bond acceptors (Lipinski definition) is 10. The number of carboxylic acids is 1. The van der Waals surface area contributed by atoms with Gasteiger partial charge in [0.2, 0.25) is 0 Å². The second-order valence-electron chi connectivity index (χ2n) is 5.19. The molecule has 14 heteroatoms. The maximum absolute atomic E-state index is 10.2. The van der Waals surface area contributed by atoms with E-state index >= 15 is 0 Å². The van der Waals surface area contributed by atoms with E-state index in [0.717, 1.165) is 12.8 Å². The highest BCUT2D eigenvalue weighted by Crippen LogP contribution is 2.35. The molecule has 0 saturated carbocycles. The number of phosphoric ester groups is 1. The van der Waals surface area contributed by atoms with E-state index in [9.17, 15) is 14.2 Å². The second kappa shape index (κ2) is 14.1. The molecule has 0 amide bonds. The van der Waals surface area contributed by atoms with E-state index in [1.54, 1.807) is 0 Å². The van der Waals surface area contributed by atoms with Crippen LogP contribution in [0.1, 0.15) is 19.3 Å². The van der Waals surface area contributed by atoms with Crippen LogP contribution < -0.4 is 11.5 Å². The zero-order valence-corrected chi connectivity index (χ0v) is 14.8. The van der Waals surface area contributed by atoms with Crippen molar-refractivity contribution in [3.05, 3.63) is 0 Å². The van der Waals surface area contributed by atoms with E-state index in [-0.39, 0.29) is 6.29 Å². The van der Waals surface area contributed by atoms with Gasteiger partial charge < -0.3 is 51.6 Å². The number of unbranched alkanes of at least 4 members (excludes halogenated alkanes) is 1. The number of carbonyl (C=O) groups excluding carboxylic acids is 1. The quantitative estimate of drug-likeness (QED) is 0.0859. The van der Waals surface area contributed by atoms with E-state index in [1.807, 2.05) is 0 Å². The van der Waals surface area contributed by atoms with Crippen LogP contribution >= 0.6 is 7.82 Å². The summed E-state index contributed by atoms with van der Waals surface area (Å²) < 4.78 is 14.1. The minimum Gasteiger partial charge on any atom is -0.480 e. The number of aliphatic hydroxyl groups is 4. The molecule has 11 N–H and O–H groups in total. The van der Waals surface area contributed by atoms with E-state index in [2.05, 4.69) is 4.52 Å². The summed E-state index contributed by atoms with van der Waals surface area (Å²) >= 11 is 0. The third-order valence-corrected chi connectivity index (χ3v) is 3.42. The van der Waals surface area contributed by atoms with Gasteiger partial charge >= 0.3 is 13.8 Å². The van der Waals surface area contributed by atoms with Gasteiger partial charge in [-0.2, -0.15) is 0 Å². The first kappa shape index (κ1) is 27.2. The van der Waals surface area contributed by atoms with Crippen LogP contribution in [0.15, 0.2) is 0 Å². The summed E-state index contributed by atoms with van der Waals surface area (Å²) in [6.07, 6.45) is -5.64. The Morgan fingerprint density at radius 2 is 1.65 bits per heavy atom. The van der Waals surface area contributed by atoms with Gasteiger partial charge in [0, 0.05) is 0 Å². The molecular weight excluding hydrogens is 379 g/mol. The molecule has 5 atom stereocenters. The Kier molecular flexibility index (Phi) is 14.8. The highest BCUT2D eigenvalue weighted by Gasteiger charge is 2.31. The fourth-order valence-electron chi connectivity index (χ4n) is 1.41. The van der Waals surface area contributed by atoms with Gasteiger partial charge in [-0.05, 0) is 19.4 Å². The topological polar surface area (TPSA) is 254 Å². The van der Waals surface area contributed by atoms with E-state index in [4.69, 9.17) is 46.8 Å². The molecule has 0 aromatic carbocycles. The Bertz CT molecular complexity index is 447. The third kappa shape index (κ3) is 14.2. The number of aldehydes is 1. The molecule has 156 valence electrons. The molecule has 0 aliphatic carbocycles. The van der Waals surface area contributed by atoms with Crippen molar-refractivity contribution in [1.82, 2.24) is 0 Å². The molecule has 0 aliphatic rings. The summed E-state index contributed by atoms with van der Waals surface area (Å²) in [7, 11) is -4.80. The predicted molar refractivity (Wildman–Crippen MR) is 86.6 cm³/mol. The normalized spacial score (nSPS) is 17.2. The van der Waals surface area contributed by atoms with E-state index in [0.29, 0.717) is 13.0 Å². The molecule has 0 bridgehead atoms. The van der Waals surface area contributed by atoms with Crippen molar-refractivity contribution in [3.63, 3.8) is 0 Å². The number of hydrogen-bond donors (Lipinski definition) is 9. The van der Waals surface area contributed by atoms with Crippen LogP contribution in [0, 0.1) is 0 Å². The van der Waals surface area contributed by atoms with Crippen LogP contribution in [0.5, 0.6) is 0 Å². The Hall–Kier alpha value is -0.990. The fraction of sp³-hybridized carbons (Fsp3) is 0.833. The lowest BCUT2D eigenvalue weighted by Crippen LogP contribution is -2.46. The van der Waals surface area contributed by atoms with Crippen LogP contribution in [0.4, 0.5) is 0 Å². The van der Waals surface area contributed by atoms with Crippen molar-refractivity contribution in [1.29, 1.82) is 0 Å². The average Bonchev–Trinajstić information content (AvgIpc) is 2.57. The van der Waals surface area contributed by atoms with Gasteiger partial charge in [-0.3, -0.25) is 9.32 Å². The molecule has 0 spiro atoms. The molecule has 0 fully saturated rings. The molecule has 0 aliphatic heterocycles. The van der Waals surface area contributed by atoms with Gasteiger partial charge in [0.15, 0.2) is 6.29 Å². The number of carboxylic acid groups (broad SMARTS) is 1. The number of aliphatic hydroxyl groups excluding tert-OH is 4. The molecule has 0 aromatic rings. The Labute approximate surface area is 149 Å². The first-order chi connectivity index (χ1) is 11.9. The maximum atomic E-state index is 10.2. The van der Waals surface area contributed by atoms with E-state index in [1.165, 1.54) is 0 Å². The molecule has 13 nitrogen and oxygen atoms in total. The fourth-order valence-corrected chi connectivity index (χ4v) is 1.76. The maximum Gasteiger partial charge on any atom is 0.469 e. The van der Waals surface area contributed by atoms with Crippen molar-refractivity contribution in [2.75, 3.05) is 13.2 Å². The first-order valence-corrected chi connectivity index (χ1v) is 8.96. The average molecular weight is 406 g/mol. The van der Waals surface area contributed by atoms with Gasteiger partial charge in [-0.1, -0.05) is 6.42 Å². The molecule has 0 unspecified atom stereocenters. The molecule has 26 heavy (non-hydrogen) atoms. The van der Waals surface area contributed by atoms with Crippen molar-refractivity contribution >= 4 is 20.1 Å². The van der Waals surface area contributed by atoms with Gasteiger partial charge in [0.25, 0.3) is 0 Å². The van der Waals surface area contributed by atoms with Crippen LogP contribution in [0.3, 0.4) is 0 Å². The van der Waals surface area contributed by atoms with Crippen molar-refractivity contribution < 1.29 is 54.0 Å². The van der Waals surface area contributed by atoms with Gasteiger partial charge in [0.05, 0.1) is 6.61 Å². The van der Waals surface area contributed by atoms with Crippen molar-refractivity contribution in [2.24, 2.45) is 11.5 Å². The van der Waals surface area contributed by atoms with Crippen molar-refractivity contribution in [3.8, 4) is 0 Å². The van der Waals surface area contributed by atoms with Crippen LogP contribution in [-0.4, -0.2) is 91.2 Å². The highest BCUT2D eigenvalue weighted by molar-refractivity contribution is 7.46. The minimum absolute atomic E-state index is 0.0650. The van der Waals surface area contributed by atoms with E-state index < -0.39 is 50.9 Å². The monoisotopic (exact) mass is 406 g/mol. The standard InChI is InChI=1S/C6H14N2O2.C6H13O9P/c7-4-2-1-3-5(8)6(9)10;7-1-3(8)5(10)6(11)4(9)2-15-16(12,13)14/h5H,1-4,7-8H2,(H,9,10);1,3-6,8-11H,2H2,(H2,12,13,14)/t5-;3-,4+,5+,6+/m00/s1. The number of phosphoric acid groups is 1. The summed E-state index contributed by atoms with van der Waals surface area (Å²) in [5.74, 6) is -0.933. The Morgan fingerprint density at radius 3 is 2.04 bits per heavy atom. The summed E-state index contributed by atoms with van der Waals surface area (Å²) in [6.45, 7) is -0.361. The van der Waals surface area contributed by atoms with Crippen LogP contribution in [0.25, 0.3) is 0 Å². The first-order valence-electron chi connectivity index (χ1n) is 7.43. The molecule has 0 heterocycles. The lowest BCUT2D eigenvalue weighted by molar-refractivity contribution is -0.138. The van der Waals surface area contributed by atoms with Gasteiger partial charge in [0.1, 0.15) is 30.5 Å². The van der Waals surface area contributed by atoms with Crippen LogP contribution in [0.2, 0.25) is 0 Å². The van der Waals surface area contributed by atoms with Crippen molar-refractivity contribution in [2.45, 2.75) is 49.7 Å². The summed E-state index contributed by atoms with van der Waals surface area (Å²) in [4.78, 5) is 36.7. The molecule has 0 rings (SSSR count). The highest BCUT2D eigenvalue weighted by atomic mass is 31.2. The largest absolute Gasteiger partial charge is 0.480 e. The molecular formula is C12H27N2O11P. The molecule has 0 aromatic heterocycles. The molecule has 0 saturated heterocycles. The Balaban J connectivity index is 0. The Morgan fingerprint density at radius 1 is 1.12 bits per heavy atom. The van der Waals surface area contributed by atoms with Gasteiger partial charge in [-0.25, -0.2) is 4.57 Å². The molecule has 0 radical (unpaired) electrons. The van der Waals surface area contributed by atoms with Crippen LogP contribution in [-0.2, 0) is 18.7 Å². The number of aliphatic carboxylic acids is 1. The minimum atomic E-state index is -4.80. The zero-order valence-electron chi connectivity index (χ0n) is 13.9. The number of rotatable bonds is 12. The predicted octanol–water partition coefficient (Wildman–Crippen LogP) is -3.73. The number of carbonyl (C=O) groups is 2. The lowest BCUT2D eigenvalue weighted by Gasteiger charge is -2.23. The SMILES string of the molecule is NCCCC[C@H](N)C(=O)O.O=C[C@H](O)[C@@H](O)[C@H](O)[C@H](O)COP(=O)(O)O. The second-order valence-corrected chi connectivity index (χ2v) is 6.43. The lowest BCUT2D eigenvalue weighted by atomic mass is 10.0. The summed E-state index contributed by atoms with van der Waals surface area (Å²) in [5.41, 5.74) is 10.4.